The second-order valence-corrected chi connectivity index (χ2v) is 10.4. The van der Waals surface area contributed by atoms with Crippen LogP contribution in [-0.4, -0.2) is 47.1 Å². The molecular weight excluding hydrogens is 502 g/mol. The van der Waals surface area contributed by atoms with E-state index in [9.17, 15) is 23.5 Å². The summed E-state index contributed by atoms with van der Waals surface area (Å²) < 4.78 is 27.5. The molecule has 0 radical (unpaired) electrons. The van der Waals surface area contributed by atoms with Crippen molar-refractivity contribution in [3.05, 3.63) is 95.6 Å². The van der Waals surface area contributed by atoms with Gasteiger partial charge in [0.2, 0.25) is 11.8 Å². The van der Waals surface area contributed by atoms with Gasteiger partial charge in [-0.25, -0.2) is 8.78 Å². The maximum atomic E-state index is 14.2. The molecule has 1 saturated heterocycles. The maximum absolute atomic E-state index is 14.2. The van der Waals surface area contributed by atoms with Gasteiger partial charge in [-0.05, 0) is 55.3 Å². The summed E-state index contributed by atoms with van der Waals surface area (Å²) >= 11 is 0. The van der Waals surface area contributed by atoms with E-state index in [2.05, 4.69) is 10.6 Å². The monoisotopic (exact) mass is 534 g/mol. The molecule has 0 aliphatic carbocycles. The van der Waals surface area contributed by atoms with Gasteiger partial charge in [0.25, 0.3) is 0 Å². The first-order valence-corrected chi connectivity index (χ1v) is 12.6. The van der Waals surface area contributed by atoms with E-state index in [1.165, 1.54) is 12.1 Å². The van der Waals surface area contributed by atoms with Gasteiger partial charge >= 0.3 is 0 Å². The number of anilines is 3. The van der Waals surface area contributed by atoms with Crippen LogP contribution in [0.2, 0.25) is 0 Å². The number of rotatable bonds is 8. The molecule has 0 bridgehead atoms. The minimum Gasteiger partial charge on any atom is -0.397 e. The molecule has 7 nitrogen and oxygen atoms in total. The van der Waals surface area contributed by atoms with Crippen molar-refractivity contribution in [2.75, 3.05) is 36.0 Å². The number of nitrogens with one attached hydrogen (secondary N) is 2. The molecule has 0 aromatic heterocycles. The van der Waals surface area contributed by atoms with Crippen LogP contribution in [0, 0.1) is 17.6 Å². The van der Waals surface area contributed by atoms with E-state index in [0.717, 1.165) is 23.3 Å². The van der Waals surface area contributed by atoms with Crippen molar-refractivity contribution in [2.24, 2.45) is 5.92 Å². The molecule has 4 rings (SSSR count). The summed E-state index contributed by atoms with van der Waals surface area (Å²) in [5.74, 6) is -3.03. The fourth-order valence-corrected chi connectivity index (χ4v) is 4.79. The number of likely N-dealkylation sites (tertiary alicyclic amines) is 1. The maximum Gasteiger partial charge on any atom is 0.248 e. The number of β-amino-alcohol motifs (C(OH)–C–C–N with tert-alkyl or cyclic N) is 1. The van der Waals surface area contributed by atoms with Gasteiger partial charge in [0, 0.05) is 37.7 Å². The number of nitrogens with zero attached hydrogens (tertiary/aromatic N) is 1. The average Bonchev–Trinajstić information content (AvgIpc) is 3.28. The number of aliphatic hydroxyl groups is 1. The van der Waals surface area contributed by atoms with Crippen molar-refractivity contribution in [1.82, 2.24) is 4.90 Å². The zero-order chi connectivity index (χ0) is 28.2. The van der Waals surface area contributed by atoms with E-state index in [4.69, 9.17) is 5.73 Å². The highest BCUT2D eigenvalue weighted by molar-refractivity contribution is 6.03. The van der Waals surface area contributed by atoms with E-state index in [0.29, 0.717) is 31.0 Å². The third-order valence-corrected chi connectivity index (χ3v) is 6.54. The quantitative estimate of drug-likeness (QED) is 0.249. The summed E-state index contributed by atoms with van der Waals surface area (Å²) in [4.78, 5) is 27.5. The molecule has 2 unspecified atom stereocenters. The first-order valence-electron chi connectivity index (χ1n) is 12.6. The number of carbonyl (C=O) groups is 2. The molecule has 2 amide bonds. The Kier molecular flexibility index (Phi) is 8.42. The molecule has 9 heteroatoms. The van der Waals surface area contributed by atoms with E-state index < -0.39 is 23.2 Å². The zero-order valence-electron chi connectivity index (χ0n) is 21.8. The molecule has 5 N–H and O–H groups in total. The Hall–Kier alpha value is -4.08. The van der Waals surface area contributed by atoms with Crippen molar-refractivity contribution in [3.63, 3.8) is 0 Å². The number of amides is 2. The summed E-state index contributed by atoms with van der Waals surface area (Å²) in [6, 6.07) is 17.5. The van der Waals surface area contributed by atoms with Gasteiger partial charge in [0.1, 0.15) is 11.6 Å². The van der Waals surface area contributed by atoms with Gasteiger partial charge in [-0.2, -0.15) is 0 Å². The molecule has 3 aromatic carbocycles. The summed E-state index contributed by atoms with van der Waals surface area (Å²) in [5, 5.41) is 15.7. The fourth-order valence-electron chi connectivity index (χ4n) is 4.79. The van der Waals surface area contributed by atoms with Crippen LogP contribution in [0.4, 0.5) is 25.8 Å². The third-order valence-electron chi connectivity index (χ3n) is 6.54. The number of carbonyl (C=O) groups excluding carboxylic acids is 2. The molecule has 1 aliphatic rings. The second-order valence-electron chi connectivity index (χ2n) is 10.4. The molecule has 1 aliphatic heterocycles. The second kappa shape index (κ2) is 11.8. The van der Waals surface area contributed by atoms with E-state index in [-0.39, 0.29) is 23.4 Å². The van der Waals surface area contributed by atoms with Gasteiger partial charge in [0.05, 0.1) is 28.6 Å². The van der Waals surface area contributed by atoms with E-state index in [1.807, 2.05) is 29.2 Å². The van der Waals surface area contributed by atoms with Crippen molar-refractivity contribution >= 4 is 35.0 Å². The van der Waals surface area contributed by atoms with Gasteiger partial charge in [-0.15, -0.1) is 0 Å². The lowest BCUT2D eigenvalue weighted by atomic mass is 9.88. The summed E-state index contributed by atoms with van der Waals surface area (Å²) in [6.45, 7) is 4.65. The highest BCUT2D eigenvalue weighted by Crippen LogP contribution is 2.35. The van der Waals surface area contributed by atoms with Crippen LogP contribution in [0.15, 0.2) is 72.8 Å². The molecule has 2 atom stereocenters. The Morgan fingerprint density at radius 1 is 1.03 bits per heavy atom. The predicted octanol–water partition coefficient (Wildman–Crippen LogP) is 4.62. The summed E-state index contributed by atoms with van der Waals surface area (Å²) in [7, 11) is 0. The topological polar surface area (TPSA) is 108 Å². The van der Waals surface area contributed by atoms with Crippen LogP contribution in [0.1, 0.15) is 30.9 Å². The molecular formula is C30H32F2N4O3. The molecule has 0 spiro atoms. The smallest absolute Gasteiger partial charge is 0.248 e. The minimum absolute atomic E-state index is 0.0860. The standard InChI is InChI=1S/C30H32F2N4O3/c1-30(2,39)18-36-16-22(23(17-36)29(38)35-26-13-12-21(31)15-24(26)32)20-10-7-19(8-11-20)9-14-28(37)34-27-6-4-3-5-25(27)33/h3-15,22-23,39H,16-18,33H2,1-2H3,(H,34,37)(H,35,38)/b14-9+. The Labute approximate surface area is 226 Å². The molecule has 1 fully saturated rings. The third kappa shape index (κ3) is 7.49. The van der Waals surface area contributed by atoms with Crippen LogP contribution in [0.5, 0.6) is 0 Å². The van der Waals surface area contributed by atoms with Gasteiger partial charge in [-0.3, -0.25) is 14.5 Å². The molecule has 39 heavy (non-hydrogen) atoms. The van der Waals surface area contributed by atoms with Gasteiger partial charge in [0.15, 0.2) is 0 Å². The van der Waals surface area contributed by atoms with Crippen molar-refractivity contribution in [3.8, 4) is 0 Å². The highest BCUT2D eigenvalue weighted by Gasteiger charge is 2.40. The summed E-state index contributed by atoms with van der Waals surface area (Å²) in [5.41, 5.74) is 7.51. The first kappa shape index (κ1) is 27.9. The van der Waals surface area contributed by atoms with E-state index in [1.54, 1.807) is 44.2 Å². The lowest BCUT2D eigenvalue weighted by Crippen LogP contribution is -2.38. The van der Waals surface area contributed by atoms with Crippen LogP contribution in [0.25, 0.3) is 6.08 Å². The Balaban J connectivity index is 1.48. The van der Waals surface area contributed by atoms with Crippen molar-refractivity contribution in [1.29, 1.82) is 0 Å². The van der Waals surface area contributed by atoms with Crippen LogP contribution in [0.3, 0.4) is 0 Å². The number of para-hydroxylation sites is 2. The SMILES string of the molecule is CC(C)(O)CN1CC(C(=O)Nc2ccc(F)cc2F)C(c2ccc(/C=C/C(=O)Nc3ccccc3N)cc2)C1. The van der Waals surface area contributed by atoms with Gasteiger partial charge < -0.3 is 21.5 Å². The summed E-state index contributed by atoms with van der Waals surface area (Å²) in [6.07, 6.45) is 3.09. The number of nitrogens with two attached hydrogens (primary N) is 1. The molecule has 3 aromatic rings. The fraction of sp³-hybridized carbons (Fsp3) is 0.267. The van der Waals surface area contributed by atoms with Crippen LogP contribution >= 0.6 is 0 Å². The van der Waals surface area contributed by atoms with Crippen molar-refractivity contribution < 1.29 is 23.5 Å². The first-order chi connectivity index (χ1) is 18.5. The minimum atomic E-state index is -0.960. The number of nitrogen functional groups attached to an aromatic ring is 1. The largest absolute Gasteiger partial charge is 0.397 e. The normalized spacial score (nSPS) is 17.9. The van der Waals surface area contributed by atoms with Crippen LogP contribution < -0.4 is 16.4 Å². The molecule has 0 saturated carbocycles. The van der Waals surface area contributed by atoms with Crippen molar-refractivity contribution in [2.45, 2.75) is 25.4 Å². The Bertz CT molecular complexity index is 1370. The Morgan fingerprint density at radius 2 is 1.74 bits per heavy atom. The lowest BCUT2D eigenvalue weighted by molar-refractivity contribution is -0.120. The van der Waals surface area contributed by atoms with Gasteiger partial charge in [-0.1, -0.05) is 36.4 Å². The average molecular weight is 535 g/mol. The number of benzene rings is 3. The zero-order valence-corrected chi connectivity index (χ0v) is 21.8. The number of hydrogen-bond donors (Lipinski definition) is 4. The van der Waals surface area contributed by atoms with E-state index >= 15 is 0 Å². The highest BCUT2D eigenvalue weighted by atomic mass is 19.1. The molecule has 1 heterocycles. The number of halogens is 2. The van der Waals surface area contributed by atoms with Crippen LogP contribution in [-0.2, 0) is 9.59 Å². The number of hydrogen-bond acceptors (Lipinski definition) is 5. The lowest BCUT2D eigenvalue weighted by Gasteiger charge is -2.25. The Morgan fingerprint density at radius 3 is 2.41 bits per heavy atom. The molecule has 204 valence electrons. The predicted molar refractivity (Wildman–Crippen MR) is 149 cm³/mol.